The number of piperazine rings is 1. The average molecular weight is 414 g/mol. The Labute approximate surface area is 175 Å². The van der Waals surface area contributed by atoms with Crippen molar-refractivity contribution in [3.63, 3.8) is 0 Å². The second-order valence-corrected chi connectivity index (χ2v) is 7.77. The molecule has 0 aliphatic carbocycles. The minimum Gasteiger partial charge on any atom is -0.493 e. The van der Waals surface area contributed by atoms with Crippen LogP contribution < -0.4 is 10.1 Å². The molecular formula is C22H24ClN3O3. The number of carbonyl (C=O) groups is 2. The molecule has 4 rings (SSSR count). The highest BCUT2D eigenvalue weighted by atomic mass is 35.5. The lowest BCUT2D eigenvalue weighted by Crippen LogP contribution is -2.50. The van der Waals surface area contributed by atoms with Gasteiger partial charge in [0, 0.05) is 39.1 Å². The van der Waals surface area contributed by atoms with E-state index >= 15 is 0 Å². The summed E-state index contributed by atoms with van der Waals surface area (Å²) in [7, 11) is 0. The lowest BCUT2D eigenvalue weighted by Gasteiger charge is -2.34. The molecule has 1 saturated heterocycles. The number of nitrogens with zero attached hydrogens (tertiary/aromatic N) is 2. The predicted molar refractivity (Wildman–Crippen MR) is 111 cm³/mol. The van der Waals surface area contributed by atoms with Crippen LogP contribution in [0.2, 0.25) is 5.02 Å². The van der Waals surface area contributed by atoms with Gasteiger partial charge in [0.05, 0.1) is 23.7 Å². The van der Waals surface area contributed by atoms with Gasteiger partial charge in [-0.15, -0.1) is 0 Å². The Kier molecular flexibility index (Phi) is 6.02. The van der Waals surface area contributed by atoms with E-state index in [0.29, 0.717) is 23.7 Å². The molecule has 2 heterocycles. The fourth-order valence-corrected chi connectivity index (χ4v) is 3.98. The van der Waals surface area contributed by atoms with Gasteiger partial charge in [0.2, 0.25) is 5.91 Å². The van der Waals surface area contributed by atoms with Crippen molar-refractivity contribution in [1.29, 1.82) is 0 Å². The highest BCUT2D eigenvalue weighted by Gasteiger charge is 2.22. The molecule has 152 valence electrons. The molecule has 2 aliphatic heterocycles. The normalized spacial score (nSPS) is 16.2. The minimum absolute atomic E-state index is 0.0190. The molecule has 7 heteroatoms. The third-order valence-electron chi connectivity index (χ3n) is 5.40. The zero-order valence-electron chi connectivity index (χ0n) is 16.2. The van der Waals surface area contributed by atoms with E-state index in [1.807, 2.05) is 0 Å². The monoisotopic (exact) mass is 413 g/mol. The minimum atomic E-state index is -0.330. The molecular weight excluding hydrogens is 390 g/mol. The Bertz CT molecular complexity index is 910. The van der Waals surface area contributed by atoms with Gasteiger partial charge in [-0.05, 0) is 29.3 Å². The zero-order chi connectivity index (χ0) is 20.2. The van der Waals surface area contributed by atoms with E-state index in [4.69, 9.17) is 16.3 Å². The second kappa shape index (κ2) is 8.84. The summed E-state index contributed by atoms with van der Waals surface area (Å²) in [5.41, 5.74) is 2.94. The Balaban J connectivity index is 1.23. The molecule has 0 radical (unpaired) electrons. The van der Waals surface area contributed by atoms with Crippen LogP contribution in [0, 0.1) is 0 Å². The largest absolute Gasteiger partial charge is 0.493 e. The van der Waals surface area contributed by atoms with Crippen LogP contribution in [0.5, 0.6) is 5.75 Å². The van der Waals surface area contributed by atoms with Crippen LogP contribution in [0.3, 0.4) is 0 Å². The first-order valence-electron chi connectivity index (χ1n) is 9.87. The van der Waals surface area contributed by atoms with Crippen molar-refractivity contribution in [2.24, 2.45) is 0 Å². The highest BCUT2D eigenvalue weighted by Crippen LogP contribution is 2.26. The number of nitrogens with one attached hydrogen (secondary N) is 1. The van der Waals surface area contributed by atoms with E-state index in [2.05, 4.69) is 28.4 Å². The number of benzene rings is 2. The molecule has 0 aromatic heterocycles. The Hall–Kier alpha value is -2.57. The summed E-state index contributed by atoms with van der Waals surface area (Å²) in [4.78, 5) is 28.8. The molecule has 29 heavy (non-hydrogen) atoms. The van der Waals surface area contributed by atoms with E-state index < -0.39 is 0 Å². The fourth-order valence-electron chi connectivity index (χ4n) is 3.76. The maximum atomic E-state index is 12.5. The molecule has 1 N–H and O–H groups in total. The summed E-state index contributed by atoms with van der Waals surface area (Å²) in [6.07, 6.45) is 0.978. The standard InChI is InChI=1S/C22H24ClN3O3/c23-19-4-2-1-3-18(19)22(28)24-14-21(27)26-10-8-25(9-11-26)15-16-5-6-20-17(13-16)7-12-29-20/h1-6,13H,7-12,14-15H2,(H,24,28). The molecule has 2 amide bonds. The molecule has 2 aromatic rings. The summed E-state index contributed by atoms with van der Waals surface area (Å²) in [6, 6.07) is 13.2. The predicted octanol–water partition coefficient (Wildman–Crippen LogP) is 2.35. The molecule has 0 bridgehead atoms. The zero-order valence-corrected chi connectivity index (χ0v) is 17.0. The van der Waals surface area contributed by atoms with E-state index in [9.17, 15) is 9.59 Å². The van der Waals surface area contributed by atoms with Crippen LogP contribution in [0.4, 0.5) is 0 Å². The lowest BCUT2D eigenvalue weighted by molar-refractivity contribution is -0.131. The number of halogens is 1. The Morgan fingerprint density at radius 3 is 2.66 bits per heavy atom. The molecule has 1 fully saturated rings. The first kappa shape index (κ1) is 19.7. The van der Waals surface area contributed by atoms with Gasteiger partial charge >= 0.3 is 0 Å². The van der Waals surface area contributed by atoms with E-state index in [1.165, 1.54) is 11.1 Å². The van der Waals surface area contributed by atoms with Gasteiger partial charge in [-0.2, -0.15) is 0 Å². The topological polar surface area (TPSA) is 61.9 Å². The summed E-state index contributed by atoms with van der Waals surface area (Å²) in [5, 5.41) is 3.05. The second-order valence-electron chi connectivity index (χ2n) is 7.36. The summed E-state index contributed by atoms with van der Waals surface area (Å²) < 4.78 is 5.56. The van der Waals surface area contributed by atoms with Gasteiger partial charge in [0.1, 0.15) is 5.75 Å². The molecule has 0 unspecified atom stereocenters. The number of hydrogen-bond acceptors (Lipinski definition) is 4. The van der Waals surface area contributed by atoms with E-state index in [1.54, 1.807) is 29.2 Å². The molecule has 2 aliphatic rings. The third kappa shape index (κ3) is 4.71. The van der Waals surface area contributed by atoms with Crippen LogP contribution >= 0.6 is 11.6 Å². The van der Waals surface area contributed by atoms with Gasteiger partial charge in [0.25, 0.3) is 5.91 Å². The highest BCUT2D eigenvalue weighted by molar-refractivity contribution is 6.33. The van der Waals surface area contributed by atoms with Crippen molar-refractivity contribution < 1.29 is 14.3 Å². The average Bonchev–Trinajstić information content (AvgIpc) is 3.20. The summed E-state index contributed by atoms with van der Waals surface area (Å²) in [6.45, 7) is 4.58. The number of rotatable bonds is 5. The van der Waals surface area contributed by atoms with Gasteiger partial charge in [-0.3, -0.25) is 14.5 Å². The molecule has 6 nitrogen and oxygen atoms in total. The van der Waals surface area contributed by atoms with Crippen molar-refractivity contribution in [3.05, 3.63) is 64.2 Å². The smallest absolute Gasteiger partial charge is 0.253 e. The summed E-state index contributed by atoms with van der Waals surface area (Å²) in [5.74, 6) is 0.603. The van der Waals surface area contributed by atoms with Crippen LogP contribution in [0.25, 0.3) is 0 Å². The molecule has 0 spiro atoms. The van der Waals surface area contributed by atoms with Gasteiger partial charge in [-0.25, -0.2) is 0 Å². The Morgan fingerprint density at radius 1 is 1.07 bits per heavy atom. The van der Waals surface area contributed by atoms with E-state index in [-0.39, 0.29) is 18.4 Å². The fraction of sp³-hybridized carbons (Fsp3) is 0.364. The first-order chi connectivity index (χ1) is 14.1. The van der Waals surface area contributed by atoms with Crippen molar-refractivity contribution in [2.45, 2.75) is 13.0 Å². The lowest BCUT2D eigenvalue weighted by atomic mass is 10.1. The SMILES string of the molecule is O=C(NCC(=O)N1CCN(Cc2ccc3c(c2)CCO3)CC1)c1ccccc1Cl. The van der Waals surface area contributed by atoms with Crippen molar-refractivity contribution in [3.8, 4) is 5.75 Å². The van der Waals surface area contributed by atoms with Crippen molar-refractivity contribution >= 4 is 23.4 Å². The van der Waals surface area contributed by atoms with Crippen LogP contribution in [0.15, 0.2) is 42.5 Å². The van der Waals surface area contributed by atoms with Crippen LogP contribution in [-0.2, 0) is 17.8 Å². The number of fused-ring (bicyclic) bond motifs is 1. The Morgan fingerprint density at radius 2 is 1.86 bits per heavy atom. The third-order valence-corrected chi connectivity index (χ3v) is 5.73. The maximum absolute atomic E-state index is 12.5. The van der Waals surface area contributed by atoms with Crippen molar-refractivity contribution in [2.75, 3.05) is 39.3 Å². The quantitative estimate of drug-likeness (QED) is 0.817. The summed E-state index contributed by atoms with van der Waals surface area (Å²) >= 11 is 6.03. The van der Waals surface area contributed by atoms with Crippen LogP contribution in [-0.4, -0.2) is 60.9 Å². The van der Waals surface area contributed by atoms with Gasteiger partial charge < -0.3 is 15.0 Å². The first-order valence-corrected chi connectivity index (χ1v) is 10.3. The van der Waals surface area contributed by atoms with E-state index in [0.717, 1.165) is 38.4 Å². The molecule has 0 saturated carbocycles. The van der Waals surface area contributed by atoms with Crippen LogP contribution in [0.1, 0.15) is 21.5 Å². The maximum Gasteiger partial charge on any atom is 0.253 e. The molecule has 0 atom stereocenters. The molecule has 2 aromatic carbocycles. The number of amides is 2. The number of ether oxygens (including phenoxy) is 1. The number of carbonyl (C=O) groups excluding carboxylic acids is 2. The van der Waals surface area contributed by atoms with Gasteiger partial charge in [0.15, 0.2) is 0 Å². The number of hydrogen-bond donors (Lipinski definition) is 1. The van der Waals surface area contributed by atoms with Gasteiger partial charge in [-0.1, -0.05) is 35.9 Å². The van der Waals surface area contributed by atoms with Crippen molar-refractivity contribution in [1.82, 2.24) is 15.1 Å².